The molecule has 0 radical (unpaired) electrons. The summed E-state index contributed by atoms with van der Waals surface area (Å²) in [5, 5.41) is 3.31. The van der Waals surface area contributed by atoms with E-state index in [1.165, 1.54) is 32.2 Å². The Morgan fingerprint density at radius 1 is 1.24 bits per heavy atom. The molecule has 0 bridgehead atoms. The highest BCUT2D eigenvalue weighted by Gasteiger charge is 2.38. The first-order valence-electron chi connectivity index (χ1n) is 8.90. The van der Waals surface area contributed by atoms with Gasteiger partial charge in [-0.15, -0.1) is 0 Å². The molecule has 1 aliphatic heterocycles. The smallest absolute Gasteiger partial charge is 0.225 e. The van der Waals surface area contributed by atoms with Crippen molar-refractivity contribution in [1.82, 2.24) is 10.2 Å². The average Bonchev–Trinajstić information content (AvgIpc) is 3.23. The fraction of sp³-hybridized carbons (Fsp3) is 0.944. The van der Waals surface area contributed by atoms with E-state index in [0.717, 1.165) is 30.8 Å². The Balaban J connectivity index is 1.99. The van der Waals surface area contributed by atoms with Crippen LogP contribution in [-0.4, -0.2) is 36.0 Å². The second-order valence-electron chi connectivity index (χ2n) is 8.20. The van der Waals surface area contributed by atoms with Gasteiger partial charge in [-0.2, -0.15) is 0 Å². The standard InChI is InChI=1S/C18H34N2O/c1-6-13-10-15(19-17(21)18(3,4)5)12-20(11-13)16(7-2)14-8-9-14/h13-16H,6-12H2,1-5H3,(H,19,21). The van der Waals surface area contributed by atoms with Crippen molar-refractivity contribution in [3.8, 4) is 0 Å². The Hall–Kier alpha value is -0.570. The highest BCUT2D eigenvalue weighted by molar-refractivity contribution is 5.81. The summed E-state index contributed by atoms with van der Waals surface area (Å²) in [6.07, 6.45) is 6.44. The number of piperidine rings is 1. The van der Waals surface area contributed by atoms with E-state index in [9.17, 15) is 4.79 Å². The van der Waals surface area contributed by atoms with E-state index in [4.69, 9.17) is 0 Å². The first-order chi connectivity index (χ1) is 9.85. The van der Waals surface area contributed by atoms with Gasteiger partial charge in [-0.3, -0.25) is 9.69 Å². The summed E-state index contributed by atoms with van der Waals surface area (Å²) in [5.41, 5.74) is -0.287. The molecule has 2 fully saturated rings. The molecule has 1 aliphatic carbocycles. The largest absolute Gasteiger partial charge is 0.352 e. The third-order valence-corrected chi connectivity index (χ3v) is 5.21. The molecule has 2 aliphatic rings. The van der Waals surface area contributed by atoms with Crippen LogP contribution in [0.4, 0.5) is 0 Å². The van der Waals surface area contributed by atoms with E-state index in [1.54, 1.807) is 0 Å². The SMILES string of the molecule is CCC1CC(NC(=O)C(C)(C)C)CN(C(CC)C2CC2)C1. The number of carbonyl (C=O) groups is 1. The molecule has 122 valence electrons. The lowest BCUT2D eigenvalue weighted by atomic mass is 9.88. The van der Waals surface area contributed by atoms with E-state index in [0.29, 0.717) is 6.04 Å². The fourth-order valence-corrected chi connectivity index (χ4v) is 3.68. The molecule has 1 saturated carbocycles. The van der Waals surface area contributed by atoms with Crippen molar-refractivity contribution in [1.29, 1.82) is 0 Å². The zero-order chi connectivity index (χ0) is 15.6. The van der Waals surface area contributed by atoms with Gasteiger partial charge in [0.25, 0.3) is 0 Å². The summed E-state index contributed by atoms with van der Waals surface area (Å²) in [6, 6.07) is 1.08. The van der Waals surface area contributed by atoms with Crippen molar-refractivity contribution in [2.75, 3.05) is 13.1 Å². The van der Waals surface area contributed by atoms with Gasteiger partial charge in [0.05, 0.1) is 0 Å². The molecule has 0 aromatic rings. The summed E-state index contributed by atoms with van der Waals surface area (Å²) < 4.78 is 0. The van der Waals surface area contributed by atoms with Gasteiger partial charge >= 0.3 is 0 Å². The van der Waals surface area contributed by atoms with E-state index < -0.39 is 0 Å². The van der Waals surface area contributed by atoms with Gasteiger partial charge in [0, 0.05) is 30.6 Å². The van der Waals surface area contributed by atoms with Crippen LogP contribution in [0.1, 0.15) is 66.7 Å². The Morgan fingerprint density at radius 3 is 2.38 bits per heavy atom. The lowest BCUT2D eigenvalue weighted by molar-refractivity contribution is -0.129. The first-order valence-corrected chi connectivity index (χ1v) is 8.90. The third-order valence-electron chi connectivity index (χ3n) is 5.21. The van der Waals surface area contributed by atoms with Crippen molar-refractivity contribution >= 4 is 5.91 Å². The predicted octanol–water partition coefficient (Wildman–Crippen LogP) is 3.44. The highest BCUT2D eigenvalue weighted by Crippen LogP contribution is 2.38. The Bertz CT molecular complexity index is 357. The average molecular weight is 294 g/mol. The van der Waals surface area contributed by atoms with Crippen molar-refractivity contribution in [3.05, 3.63) is 0 Å². The van der Waals surface area contributed by atoms with Crippen molar-refractivity contribution < 1.29 is 4.79 Å². The van der Waals surface area contributed by atoms with E-state index in [1.807, 2.05) is 20.8 Å². The molecule has 1 N–H and O–H groups in total. The van der Waals surface area contributed by atoms with Gasteiger partial charge in [0.2, 0.25) is 5.91 Å². The zero-order valence-corrected chi connectivity index (χ0v) is 14.6. The molecule has 1 heterocycles. The molecule has 3 unspecified atom stereocenters. The predicted molar refractivity (Wildman–Crippen MR) is 88.2 cm³/mol. The molecule has 0 aromatic carbocycles. The van der Waals surface area contributed by atoms with Crippen molar-refractivity contribution in [2.45, 2.75) is 78.8 Å². The summed E-state index contributed by atoms with van der Waals surface area (Å²) in [6.45, 7) is 12.9. The number of nitrogens with zero attached hydrogens (tertiary/aromatic N) is 1. The van der Waals surface area contributed by atoms with E-state index in [2.05, 4.69) is 24.1 Å². The molecule has 3 nitrogen and oxygen atoms in total. The summed E-state index contributed by atoms with van der Waals surface area (Å²) in [4.78, 5) is 15.0. The van der Waals surface area contributed by atoms with Crippen LogP contribution in [-0.2, 0) is 4.79 Å². The van der Waals surface area contributed by atoms with Gasteiger partial charge in [-0.25, -0.2) is 0 Å². The first kappa shape index (κ1) is 16.8. The maximum atomic E-state index is 12.3. The summed E-state index contributed by atoms with van der Waals surface area (Å²) in [7, 11) is 0. The van der Waals surface area contributed by atoms with Crippen LogP contribution in [0.5, 0.6) is 0 Å². The number of hydrogen-bond acceptors (Lipinski definition) is 2. The van der Waals surface area contributed by atoms with Crippen LogP contribution < -0.4 is 5.32 Å². The molecular weight excluding hydrogens is 260 g/mol. The number of carbonyl (C=O) groups excluding carboxylic acids is 1. The summed E-state index contributed by atoms with van der Waals surface area (Å²) in [5.74, 6) is 1.85. The molecule has 3 atom stereocenters. The van der Waals surface area contributed by atoms with Crippen LogP contribution in [0, 0.1) is 17.3 Å². The lowest BCUT2D eigenvalue weighted by Crippen LogP contribution is -2.55. The maximum Gasteiger partial charge on any atom is 0.225 e. The normalized spacial score (nSPS) is 29.2. The second kappa shape index (κ2) is 6.68. The van der Waals surface area contributed by atoms with Crippen molar-refractivity contribution in [2.24, 2.45) is 17.3 Å². The topological polar surface area (TPSA) is 32.3 Å². The quantitative estimate of drug-likeness (QED) is 0.842. The second-order valence-corrected chi connectivity index (χ2v) is 8.20. The van der Waals surface area contributed by atoms with Gasteiger partial charge in [-0.05, 0) is 37.5 Å². The minimum Gasteiger partial charge on any atom is -0.352 e. The summed E-state index contributed by atoms with van der Waals surface area (Å²) >= 11 is 0. The molecule has 1 amide bonds. The Morgan fingerprint density at radius 2 is 1.90 bits per heavy atom. The van der Waals surface area contributed by atoms with Gasteiger partial charge in [-0.1, -0.05) is 41.0 Å². The molecule has 0 aromatic heterocycles. The van der Waals surface area contributed by atoms with Crippen LogP contribution in [0.2, 0.25) is 0 Å². The zero-order valence-electron chi connectivity index (χ0n) is 14.6. The van der Waals surface area contributed by atoms with Gasteiger partial charge in [0.1, 0.15) is 0 Å². The Kier molecular flexibility index (Phi) is 5.34. The number of hydrogen-bond donors (Lipinski definition) is 1. The van der Waals surface area contributed by atoms with Crippen molar-refractivity contribution in [3.63, 3.8) is 0 Å². The highest BCUT2D eigenvalue weighted by atomic mass is 16.2. The number of likely N-dealkylation sites (tertiary alicyclic amines) is 1. The monoisotopic (exact) mass is 294 g/mol. The van der Waals surface area contributed by atoms with Gasteiger partial charge < -0.3 is 5.32 Å². The van der Waals surface area contributed by atoms with E-state index >= 15 is 0 Å². The number of rotatable bonds is 5. The molecule has 0 spiro atoms. The Labute approximate surface area is 130 Å². The number of amides is 1. The van der Waals surface area contributed by atoms with Crippen LogP contribution in [0.3, 0.4) is 0 Å². The third kappa shape index (κ3) is 4.45. The fourth-order valence-electron chi connectivity index (χ4n) is 3.68. The molecule has 1 saturated heterocycles. The van der Waals surface area contributed by atoms with E-state index in [-0.39, 0.29) is 11.3 Å². The molecular formula is C18H34N2O. The van der Waals surface area contributed by atoms with Gasteiger partial charge in [0.15, 0.2) is 0 Å². The molecule has 2 rings (SSSR count). The molecule has 3 heteroatoms. The maximum absolute atomic E-state index is 12.3. The van der Waals surface area contributed by atoms with Crippen LogP contribution in [0.25, 0.3) is 0 Å². The minimum absolute atomic E-state index is 0.198. The van der Waals surface area contributed by atoms with Crippen LogP contribution in [0.15, 0.2) is 0 Å². The number of nitrogens with one attached hydrogen (secondary N) is 1. The molecule has 21 heavy (non-hydrogen) atoms. The lowest BCUT2D eigenvalue weighted by Gasteiger charge is -2.42. The van der Waals surface area contributed by atoms with Crippen LogP contribution >= 0.6 is 0 Å². The minimum atomic E-state index is -0.287.